The largest absolute Gasteiger partial charge is 0.468 e. The minimum absolute atomic E-state index is 0.0809. The second kappa shape index (κ2) is 3.57. The smallest absolute Gasteiger partial charge is 0.316 e. The van der Waals surface area contributed by atoms with Crippen molar-refractivity contribution in [1.82, 2.24) is 0 Å². The van der Waals surface area contributed by atoms with Crippen LogP contribution in [0.25, 0.3) is 0 Å². The van der Waals surface area contributed by atoms with E-state index in [0.29, 0.717) is 23.7 Å². The third-order valence-electron chi connectivity index (χ3n) is 4.71. The number of fused-ring (bicyclic) bond motifs is 1. The maximum Gasteiger partial charge on any atom is 0.316 e. The maximum atomic E-state index is 12.0. The fraction of sp³-hybridized carbons (Fsp3) is 0.846. The number of carbonyl (C=O) groups is 2. The molecular formula is C13H20O3. The van der Waals surface area contributed by atoms with Gasteiger partial charge in [0.25, 0.3) is 0 Å². The molecule has 0 aromatic heterocycles. The van der Waals surface area contributed by atoms with E-state index in [9.17, 15) is 9.59 Å². The Bertz CT molecular complexity index is 332. The molecule has 2 aliphatic rings. The lowest BCUT2D eigenvalue weighted by Crippen LogP contribution is -2.31. The van der Waals surface area contributed by atoms with Crippen molar-refractivity contribution in [2.75, 3.05) is 7.11 Å². The highest BCUT2D eigenvalue weighted by Crippen LogP contribution is 2.64. The van der Waals surface area contributed by atoms with E-state index >= 15 is 0 Å². The first-order chi connectivity index (χ1) is 7.39. The molecule has 1 unspecified atom stereocenters. The highest BCUT2D eigenvalue weighted by Gasteiger charge is 2.60. The Hall–Kier alpha value is -0.860. The van der Waals surface area contributed by atoms with E-state index < -0.39 is 5.92 Å². The van der Waals surface area contributed by atoms with E-state index in [1.807, 2.05) is 6.92 Å². The first kappa shape index (κ1) is 11.6. The van der Waals surface area contributed by atoms with Gasteiger partial charge in [0.05, 0.1) is 7.11 Å². The maximum absolute atomic E-state index is 12.0. The van der Waals surface area contributed by atoms with E-state index in [1.165, 1.54) is 7.11 Å². The average molecular weight is 224 g/mol. The van der Waals surface area contributed by atoms with Gasteiger partial charge in [0.1, 0.15) is 11.7 Å². The molecule has 0 aromatic rings. The van der Waals surface area contributed by atoms with Crippen molar-refractivity contribution in [2.45, 2.75) is 33.6 Å². The average Bonchev–Trinajstić information content (AvgIpc) is 2.74. The fourth-order valence-corrected chi connectivity index (χ4v) is 3.42. The number of esters is 1. The van der Waals surface area contributed by atoms with Crippen LogP contribution in [0.4, 0.5) is 0 Å². The summed E-state index contributed by atoms with van der Waals surface area (Å²) in [7, 11) is 1.36. The lowest BCUT2D eigenvalue weighted by Gasteiger charge is -2.20. The Morgan fingerprint density at radius 2 is 2.00 bits per heavy atom. The summed E-state index contributed by atoms with van der Waals surface area (Å²) in [5, 5.41) is 0. The molecule has 0 amide bonds. The number of rotatable bonds is 1. The number of hydrogen-bond donors (Lipinski definition) is 0. The fourth-order valence-electron chi connectivity index (χ4n) is 3.42. The van der Waals surface area contributed by atoms with Crippen LogP contribution in [0.5, 0.6) is 0 Å². The van der Waals surface area contributed by atoms with Gasteiger partial charge >= 0.3 is 5.97 Å². The standard InChI is InChI=1S/C13H20O3/c1-7-5-8-9(13(8,2)3)6-10(14)11(7)12(15)16-4/h7-9,11H,5-6H2,1-4H3/t7-,8-,9+,11?/m1/s1. The first-order valence-electron chi connectivity index (χ1n) is 6.00. The van der Waals surface area contributed by atoms with Crippen molar-refractivity contribution in [2.24, 2.45) is 29.1 Å². The van der Waals surface area contributed by atoms with Gasteiger partial charge < -0.3 is 4.74 Å². The van der Waals surface area contributed by atoms with Crippen LogP contribution >= 0.6 is 0 Å². The molecule has 16 heavy (non-hydrogen) atoms. The minimum Gasteiger partial charge on any atom is -0.468 e. The summed E-state index contributed by atoms with van der Waals surface area (Å²) in [6.45, 7) is 6.44. The topological polar surface area (TPSA) is 43.4 Å². The highest BCUT2D eigenvalue weighted by atomic mass is 16.5. The van der Waals surface area contributed by atoms with Crippen LogP contribution in [0.2, 0.25) is 0 Å². The summed E-state index contributed by atoms with van der Waals surface area (Å²) >= 11 is 0. The third-order valence-corrected chi connectivity index (χ3v) is 4.71. The number of ketones is 1. The quantitative estimate of drug-likeness (QED) is 0.505. The van der Waals surface area contributed by atoms with Crippen molar-refractivity contribution in [1.29, 1.82) is 0 Å². The van der Waals surface area contributed by atoms with Gasteiger partial charge in [0.15, 0.2) is 0 Å². The van der Waals surface area contributed by atoms with Crippen molar-refractivity contribution in [3.05, 3.63) is 0 Å². The Labute approximate surface area is 96.5 Å². The number of carbonyl (C=O) groups excluding carboxylic acids is 2. The Balaban J connectivity index is 2.16. The van der Waals surface area contributed by atoms with E-state index in [-0.39, 0.29) is 17.7 Å². The zero-order chi connectivity index (χ0) is 12.1. The normalized spacial score (nSPS) is 40.9. The molecule has 3 nitrogen and oxygen atoms in total. The Morgan fingerprint density at radius 1 is 1.38 bits per heavy atom. The summed E-state index contributed by atoms with van der Waals surface area (Å²) in [6.07, 6.45) is 1.53. The van der Waals surface area contributed by atoms with E-state index in [4.69, 9.17) is 4.74 Å². The third kappa shape index (κ3) is 1.57. The molecule has 2 aliphatic carbocycles. The summed E-state index contributed by atoms with van der Waals surface area (Å²) in [5.41, 5.74) is 0.297. The lowest BCUT2D eigenvalue weighted by molar-refractivity contribution is -0.151. The summed E-state index contributed by atoms with van der Waals surface area (Å²) in [6, 6.07) is 0. The zero-order valence-electron chi connectivity index (χ0n) is 10.4. The van der Waals surface area contributed by atoms with Crippen LogP contribution in [0, 0.1) is 29.1 Å². The lowest BCUT2D eigenvalue weighted by atomic mass is 9.84. The second-order valence-corrected chi connectivity index (χ2v) is 5.92. The molecule has 2 saturated carbocycles. The molecule has 3 heteroatoms. The molecule has 2 rings (SSSR count). The predicted molar refractivity (Wildman–Crippen MR) is 59.7 cm³/mol. The zero-order valence-corrected chi connectivity index (χ0v) is 10.4. The summed E-state index contributed by atoms with van der Waals surface area (Å²) < 4.78 is 4.73. The van der Waals surface area contributed by atoms with Crippen LogP contribution in [0.1, 0.15) is 33.6 Å². The summed E-state index contributed by atoms with van der Waals surface area (Å²) in [4.78, 5) is 23.6. The molecule has 2 fully saturated rings. The molecule has 0 aromatic carbocycles. The SMILES string of the molecule is COC(=O)C1C(=O)C[C@H]2[C@@H](C[C@H]1C)C2(C)C. The Kier molecular flexibility index (Phi) is 2.59. The molecule has 0 aliphatic heterocycles. The van der Waals surface area contributed by atoms with Crippen LogP contribution in [0.3, 0.4) is 0 Å². The van der Waals surface area contributed by atoms with Crippen molar-refractivity contribution in [3.63, 3.8) is 0 Å². The van der Waals surface area contributed by atoms with Gasteiger partial charge in [-0.05, 0) is 29.6 Å². The van der Waals surface area contributed by atoms with Gasteiger partial charge in [-0.1, -0.05) is 20.8 Å². The van der Waals surface area contributed by atoms with Crippen molar-refractivity contribution in [3.8, 4) is 0 Å². The number of methoxy groups -OCH3 is 1. The van der Waals surface area contributed by atoms with Gasteiger partial charge in [-0.3, -0.25) is 9.59 Å². The molecule has 0 spiro atoms. The van der Waals surface area contributed by atoms with Gasteiger partial charge in [-0.15, -0.1) is 0 Å². The molecule has 0 saturated heterocycles. The van der Waals surface area contributed by atoms with E-state index in [0.717, 1.165) is 6.42 Å². The van der Waals surface area contributed by atoms with Gasteiger partial charge in [-0.25, -0.2) is 0 Å². The molecule has 0 radical (unpaired) electrons. The van der Waals surface area contributed by atoms with E-state index in [1.54, 1.807) is 0 Å². The molecule has 0 N–H and O–H groups in total. The number of Topliss-reactive ketones (excluding diaryl/α,β-unsaturated/α-hetero) is 1. The van der Waals surface area contributed by atoms with Crippen LogP contribution in [-0.2, 0) is 14.3 Å². The van der Waals surface area contributed by atoms with Gasteiger partial charge in [-0.2, -0.15) is 0 Å². The molecular weight excluding hydrogens is 204 g/mol. The van der Waals surface area contributed by atoms with Crippen molar-refractivity contribution >= 4 is 11.8 Å². The molecule has 0 heterocycles. The van der Waals surface area contributed by atoms with Crippen LogP contribution in [-0.4, -0.2) is 18.9 Å². The van der Waals surface area contributed by atoms with Crippen molar-refractivity contribution < 1.29 is 14.3 Å². The molecule has 0 bridgehead atoms. The second-order valence-electron chi connectivity index (χ2n) is 5.92. The Morgan fingerprint density at radius 3 is 2.56 bits per heavy atom. The van der Waals surface area contributed by atoms with Crippen LogP contribution in [0.15, 0.2) is 0 Å². The molecule has 90 valence electrons. The van der Waals surface area contributed by atoms with Gasteiger partial charge in [0.2, 0.25) is 0 Å². The minimum atomic E-state index is -0.520. The number of hydrogen-bond acceptors (Lipinski definition) is 3. The van der Waals surface area contributed by atoms with Gasteiger partial charge in [0, 0.05) is 6.42 Å². The van der Waals surface area contributed by atoms with E-state index in [2.05, 4.69) is 13.8 Å². The highest BCUT2D eigenvalue weighted by molar-refractivity contribution is 5.99. The predicted octanol–water partition coefficient (Wildman–Crippen LogP) is 2.05. The first-order valence-corrected chi connectivity index (χ1v) is 6.00. The van der Waals surface area contributed by atoms with Crippen LogP contribution < -0.4 is 0 Å². The molecule has 4 atom stereocenters. The monoisotopic (exact) mass is 224 g/mol. The number of ether oxygens (including phenoxy) is 1. The summed E-state index contributed by atoms with van der Waals surface area (Å²) in [5.74, 6) is 0.428.